The third-order valence-electron chi connectivity index (χ3n) is 5.62. The van der Waals surface area contributed by atoms with Crippen LogP contribution in [0.15, 0.2) is 53.2 Å². The zero-order valence-corrected chi connectivity index (χ0v) is 21.6. The molecule has 0 fully saturated rings. The lowest BCUT2D eigenvalue weighted by Crippen LogP contribution is -2.45. The summed E-state index contributed by atoms with van der Waals surface area (Å²) in [7, 11) is 2.85. The molecule has 1 aliphatic rings. The van der Waals surface area contributed by atoms with Gasteiger partial charge in [-0.25, -0.2) is 4.79 Å². The number of thiophene rings is 2. The molecular formula is C25H27N3O6S2. The molecule has 9 nitrogen and oxygen atoms in total. The zero-order chi connectivity index (χ0) is 25.5. The first-order chi connectivity index (χ1) is 17.4. The Labute approximate surface area is 217 Å². The van der Waals surface area contributed by atoms with Crippen molar-refractivity contribution in [2.24, 2.45) is 0 Å². The van der Waals surface area contributed by atoms with Gasteiger partial charge in [0.25, 0.3) is 0 Å². The fraction of sp³-hybridized carbons (Fsp3) is 0.320. The molecule has 3 heterocycles. The number of nitrogens with one attached hydrogen (secondary N) is 1. The van der Waals surface area contributed by atoms with Gasteiger partial charge in [0, 0.05) is 16.8 Å². The second kappa shape index (κ2) is 11.9. The number of methoxy groups -OCH3 is 1. The molecule has 4 rings (SSSR count). The van der Waals surface area contributed by atoms with Crippen molar-refractivity contribution >= 4 is 40.6 Å². The van der Waals surface area contributed by atoms with E-state index in [9.17, 15) is 14.4 Å². The van der Waals surface area contributed by atoms with Crippen molar-refractivity contribution in [3.63, 3.8) is 0 Å². The van der Waals surface area contributed by atoms with Crippen LogP contribution in [0, 0.1) is 0 Å². The van der Waals surface area contributed by atoms with Crippen molar-refractivity contribution < 1.29 is 28.6 Å². The molecule has 3 aromatic rings. The number of carbonyl (C=O) groups is 3. The van der Waals surface area contributed by atoms with Crippen molar-refractivity contribution in [3.05, 3.63) is 68.5 Å². The lowest BCUT2D eigenvalue weighted by molar-refractivity contribution is -0.141. The Morgan fingerprint density at radius 1 is 1.03 bits per heavy atom. The van der Waals surface area contributed by atoms with E-state index in [1.54, 1.807) is 52.8 Å². The Balaban J connectivity index is 1.43. The molecule has 3 amide bonds. The maximum Gasteiger partial charge on any atom is 0.318 e. The lowest BCUT2D eigenvalue weighted by atomic mass is 10.0. The number of hydrogen-bond acceptors (Lipinski definition) is 8. The van der Waals surface area contributed by atoms with Crippen LogP contribution in [0.4, 0.5) is 4.79 Å². The van der Waals surface area contributed by atoms with Gasteiger partial charge < -0.3 is 29.3 Å². The summed E-state index contributed by atoms with van der Waals surface area (Å²) in [5.74, 6) is 0.482. The van der Waals surface area contributed by atoms with Crippen LogP contribution < -0.4 is 14.8 Å². The summed E-state index contributed by atoms with van der Waals surface area (Å²) in [4.78, 5) is 43.5. The zero-order valence-electron chi connectivity index (χ0n) is 20.0. The highest BCUT2D eigenvalue weighted by Gasteiger charge is 2.25. The molecule has 0 aliphatic carbocycles. The quantitative estimate of drug-likeness (QED) is 0.399. The number of hydrogen-bond donors (Lipinski definition) is 1. The monoisotopic (exact) mass is 529 g/mol. The Bertz CT molecular complexity index is 1150. The van der Waals surface area contributed by atoms with Crippen molar-refractivity contribution in [2.75, 3.05) is 27.5 Å². The predicted molar refractivity (Wildman–Crippen MR) is 136 cm³/mol. The van der Waals surface area contributed by atoms with Crippen molar-refractivity contribution in [1.29, 1.82) is 0 Å². The van der Waals surface area contributed by atoms with Gasteiger partial charge in [-0.15, -0.1) is 22.7 Å². The standard InChI is InChI=1S/C25H27N3O6S2/c1-27(15-23(29)28(13-18-5-3-9-35-18)14-19-6-4-10-36-19)25(31)26-20(12-24(30)32-2)17-7-8-21-22(11-17)34-16-33-21/h3-11,20H,12-16H2,1-2H3,(H,26,31)/t20-/m0/s1. The third-order valence-corrected chi connectivity index (χ3v) is 7.34. The smallest absolute Gasteiger partial charge is 0.318 e. The molecule has 11 heteroatoms. The van der Waals surface area contributed by atoms with Crippen LogP contribution in [-0.2, 0) is 27.4 Å². The van der Waals surface area contributed by atoms with Crippen molar-refractivity contribution in [2.45, 2.75) is 25.6 Å². The second-order valence-electron chi connectivity index (χ2n) is 8.16. The van der Waals surface area contributed by atoms with E-state index in [-0.39, 0.29) is 25.7 Å². The fourth-order valence-corrected chi connectivity index (χ4v) is 5.12. The molecule has 1 aliphatic heterocycles. The van der Waals surface area contributed by atoms with Crippen LogP contribution in [0.3, 0.4) is 0 Å². The molecule has 1 aromatic carbocycles. The van der Waals surface area contributed by atoms with E-state index in [1.165, 1.54) is 12.0 Å². The summed E-state index contributed by atoms with van der Waals surface area (Å²) in [6, 6.07) is 11.9. The first-order valence-corrected chi connectivity index (χ1v) is 13.0. The van der Waals surface area contributed by atoms with Gasteiger partial charge in [-0.3, -0.25) is 9.59 Å². The number of benzene rings is 1. The van der Waals surface area contributed by atoms with Crippen LogP contribution >= 0.6 is 22.7 Å². The number of carbonyl (C=O) groups excluding carboxylic acids is 3. The molecule has 0 saturated carbocycles. The molecule has 190 valence electrons. The molecule has 0 saturated heterocycles. The predicted octanol–water partition coefficient (Wildman–Crippen LogP) is 4.01. The highest BCUT2D eigenvalue weighted by Crippen LogP contribution is 2.35. The van der Waals surface area contributed by atoms with E-state index in [2.05, 4.69) is 5.32 Å². The number of nitrogens with zero attached hydrogens (tertiary/aromatic N) is 2. The summed E-state index contributed by atoms with van der Waals surface area (Å²) in [6.45, 7) is 0.928. The van der Waals surface area contributed by atoms with Gasteiger partial charge >= 0.3 is 12.0 Å². The summed E-state index contributed by atoms with van der Waals surface area (Å²) >= 11 is 3.16. The first kappa shape index (κ1) is 25.5. The minimum atomic E-state index is -0.676. The Morgan fingerprint density at radius 2 is 1.69 bits per heavy atom. The van der Waals surface area contributed by atoms with Crippen molar-refractivity contribution in [3.8, 4) is 11.5 Å². The number of urea groups is 1. The van der Waals surface area contributed by atoms with Gasteiger partial charge in [0.05, 0.1) is 32.7 Å². The summed E-state index contributed by atoms with van der Waals surface area (Å²) < 4.78 is 15.6. The molecule has 1 atom stereocenters. The maximum absolute atomic E-state index is 13.2. The van der Waals surface area contributed by atoms with Gasteiger partial charge in [0.15, 0.2) is 11.5 Å². The molecule has 36 heavy (non-hydrogen) atoms. The van der Waals surface area contributed by atoms with Gasteiger partial charge in [-0.05, 0) is 40.6 Å². The van der Waals surface area contributed by atoms with E-state index in [4.69, 9.17) is 14.2 Å². The van der Waals surface area contributed by atoms with E-state index >= 15 is 0 Å². The van der Waals surface area contributed by atoms with Crippen LogP contribution in [0.25, 0.3) is 0 Å². The molecule has 0 radical (unpaired) electrons. The SMILES string of the molecule is COC(=O)C[C@H](NC(=O)N(C)CC(=O)N(Cc1cccs1)Cc1cccs1)c1ccc2c(c1)OCO2. The normalized spacial score (nSPS) is 12.6. The Kier molecular flexibility index (Phi) is 8.44. The van der Waals surface area contributed by atoms with Gasteiger partial charge in [-0.2, -0.15) is 0 Å². The van der Waals surface area contributed by atoms with E-state index in [0.717, 1.165) is 9.75 Å². The molecule has 1 N–H and O–H groups in total. The van der Waals surface area contributed by atoms with E-state index in [0.29, 0.717) is 30.2 Å². The second-order valence-corrected chi connectivity index (χ2v) is 10.2. The minimum absolute atomic E-state index is 0.0768. The average Bonchev–Trinajstić information content (AvgIpc) is 3.65. The van der Waals surface area contributed by atoms with E-state index in [1.807, 2.05) is 35.0 Å². The Morgan fingerprint density at radius 3 is 2.31 bits per heavy atom. The number of amides is 3. The van der Waals surface area contributed by atoms with Crippen molar-refractivity contribution in [1.82, 2.24) is 15.1 Å². The summed E-state index contributed by atoms with van der Waals surface area (Å²) in [6.07, 6.45) is -0.0768. The number of fused-ring (bicyclic) bond motifs is 1. The van der Waals surface area contributed by atoms with Gasteiger partial charge in [-0.1, -0.05) is 18.2 Å². The molecule has 0 bridgehead atoms. The van der Waals surface area contributed by atoms with Crippen LogP contribution in [0.1, 0.15) is 27.8 Å². The highest BCUT2D eigenvalue weighted by atomic mass is 32.1. The lowest BCUT2D eigenvalue weighted by Gasteiger charge is -2.27. The molecule has 0 unspecified atom stereocenters. The topological polar surface area (TPSA) is 97.4 Å². The van der Waals surface area contributed by atoms with E-state index < -0.39 is 18.0 Å². The fourth-order valence-electron chi connectivity index (χ4n) is 3.68. The number of rotatable bonds is 10. The Hall–Kier alpha value is -3.57. The molecule has 0 spiro atoms. The third kappa shape index (κ3) is 6.55. The van der Waals surface area contributed by atoms with Crippen LogP contribution in [0.5, 0.6) is 11.5 Å². The van der Waals surface area contributed by atoms with Gasteiger partial charge in [0.1, 0.15) is 6.54 Å². The van der Waals surface area contributed by atoms with Gasteiger partial charge in [0.2, 0.25) is 12.7 Å². The molecular weight excluding hydrogens is 502 g/mol. The summed E-state index contributed by atoms with van der Waals surface area (Å²) in [5.41, 5.74) is 0.662. The average molecular weight is 530 g/mol. The number of likely N-dealkylation sites (N-methyl/N-ethyl adjacent to an activating group) is 1. The minimum Gasteiger partial charge on any atom is -0.469 e. The molecule has 2 aromatic heterocycles. The number of esters is 1. The van der Waals surface area contributed by atoms with Crippen LogP contribution in [0.2, 0.25) is 0 Å². The maximum atomic E-state index is 13.2. The first-order valence-electron chi connectivity index (χ1n) is 11.2. The number of ether oxygens (including phenoxy) is 3. The van der Waals surface area contributed by atoms with Crippen LogP contribution in [-0.4, -0.2) is 55.2 Å². The highest BCUT2D eigenvalue weighted by molar-refractivity contribution is 7.10. The summed E-state index contributed by atoms with van der Waals surface area (Å²) in [5, 5.41) is 6.79. The largest absolute Gasteiger partial charge is 0.469 e.